The largest absolute Gasteiger partial charge is 0.472 e. The number of quaternary nitrogens is 1. The second kappa shape index (κ2) is 49.0. The average molecular weight is 955 g/mol. The van der Waals surface area contributed by atoms with Gasteiger partial charge in [-0.3, -0.25) is 13.8 Å². The molecule has 0 heterocycles. The molecule has 0 radical (unpaired) electrons. The minimum absolute atomic E-state index is 0.0628. The van der Waals surface area contributed by atoms with E-state index in [1.54, 1.807) is 6.08 Å². The van der Waals surface area contributed by atoms with E-state index >= 15 is 0 Å². The van der Waals surface area contributed by atoms with Gasteiger partial charge in [0.25, 0.3) is 0 Å². The van der Waals surface area contributed by atoms with Gasteiger partial charge in [-0.25, -0.2) is 4.57 Å². The molecule has 3 atom stereocenters. The van der Waals surface area contributed by atoms with Crippen LogP contribution in [0.1, 0.15) is 284 Å². The van der Waals surface area contributed by atoms with Crippen LogP contribution in [0, 0.1) is 0 Å². The molecule has 0 saturated carbocycles. The topological polar surface area (TPSA) is 105 Å². The normalized spacial score (nSPS) is 14.1. The predicted octanol–water partition coefficient (Wildman–Crippen LogP) is 17.2. The number of carbonyl (C=O) groups excluding carboxylic acids is 1. The fourth-order valence-electron chi connectivity index (χ4n) is 8.63. The number of likely N-dealkylation sites (N-methyl/N-ethyl adjacent to an activating group) is 1. The molecule has 66 heavy (non-hydrogen) atoms. The van der Waals surface area contributed by atoms with E-state index in [-0.39, 0.29) is 19.1 Å². The summed E-state index contributed by atoms with van der Waals surface area (Å²) in [5, 5.41) is 13.9. The van der Waals surface area contributed by atoms with Crippen LogP contribution < -0.4 is 5.32 Å². The van der Waals surface area contributed by atoms with Crippen molar-refractivity contribution in [1.29, 1.82) is 0 Å². The zero-order valence-electron chi connectivity index (χ0n) is 44.7. The second-order valence-corrected chi connectivity index (χ2v) is 22.5. The monoisotopic (exact) mass is 954 g/mol. The SMILES string of the molecule is CCCCCCCCCCCCCC/C=C\CCCCCCCCCCCC(=O)NC(COP(=O)(O)OCC[N+](C)(C)C)C(O)/C=C/CCCCCCCCCCCCCCCCCCC. The summed E-state index contributed by atoms with van der Waals surface area (Å²) in [6.45, 7) is 4.86. The van der Waals surface area contributed by atoms with Crippen molar-refractivity contribution >= 4 is 13.7 Å². The van der Waals surface area contributed by atoms with Gasteiger partial charge in [0, 0.05) is 6.42 Å². The number of hydrogen-bond donors (Lipinski definition) is 3. The van der Waals surface area contributed by atoms with Crippen molar-refractivity contribution in [2.24, 2.45) is 0 Å². The summed E-state index contributed by atoms with van der Waals surface area (Å²) < 4.78 is 23.7. The lowest BCUT2D eigenvalue weighted by Crippen LogP contribution is -2.45. The van der Waals surface area contributed by atoms with Gasteiger partial charge in [0.15, 0.2) is 0 Å². The van der Waals surface area contributed by atoms with Gasteiger partial charge in [0.1, 0.15) is 13.2 Å². The number of aliphatic hydroxyl groups excluding tert-OH is 1. The molecular weight excluding hydrogens is 840 g/mol. The summed E-state index contributed by atoms with van der Waals surface area (Å²) in [7, 11) is 1.58. The first kappa shape index (κ1) is 65.0. The highest BCUT2D eigenvalue weighted by atomic mass is 31.2. The molecule has 0 aromatic heterocycles. The average Bonchev–Trinajstić information content (AvgIpc) is 3.28. The Balaban J connectivity index is 4.20. The number of carbonyl (C=O) groups is 1. The first-order valence-corrected chi connectivity index (χ1v) is 30.2. The summed E-state index contributed by atoms with van der Waals surface area (Å²) in [5.41, 5.74) is 0. The molecule has 3 N–H and O–H groups in total. The molecule has 392 valence electrons. The highest BCUT2D eigenvalue weighted by molar-refractivity contribution is 7.47. The van der Waals surface area contributed by atoms with Gasteiger partial charge in [-0.15, -0.1) is 0 Å². The van der Waals surface area contributed by atoms with Crippen molar-refractivity contribution in [2.45, 2.75) is 296 Å². The zero-order chi connectivity index (χ0) is 48.5. The van der Waals surface area contributed by atoms with Gasteiger partial charge in [-0.1, -0.05) is 256 Å². The van der Waals surface area contributed by atoms with Crippen LogP contribution in [-0.2, 0) is 18.4 Å². The number of amides is 1. The van der Waals surface area contributed by atoms with Gasteiger partial charge in [0.05, 0.1) is 39.9 Å². The molecule has 0 rings (SSSR count). The van der Waals surface area contributed by atoms with Crippen LogP contribution in [0.5, 0.6) is 0 Å². The molecule has 0 aliphatic rings. The van der Waals surface area contributed by atoms with Gasteiger partial charge in [-0.05, 0) is 44.9 Å². The lowest BCUT2D eigenvalue weighted by Gasteiger charge is -2.25. The Bertz CT molecular complexity index is 1130. The third kappa shape index (κ3) is 50.8. The number of nitrogens with zero attached hydrogens (tertiary/aromatic N) is 1. The first-order valence-electron chi connectivity index (χ1n) is 28.7. The lowest BCUT2D eigenvalue weighted by molar-refractivity contribution is -0.870. The Morgan fingerprint density at radius 2 is 0.818 bits per heavy atom. The van der Waals surface area contributed by atoms with E-state index in [0.717, 1.165) is 38.5 Å². The molecule has 0 aliphatic heterocycles. The smallest absolute Gasteiger partial charge is 0.387 e. The highest BCUT2D eigenvalue weighted by Crippen LogP contribution is 2.43. The molecule has 0 aromatic carbocycles. The third-order valence-corrected chi connectivity index (χ3v) is 14.1. The van der Waals surface area contributed by atoms with Crippen LogP contribution in [0.25, 0.3) is 0 Å². The van der Waals surface area contributed by atoms with Crippen molar-refractivity contribution in [3.63, 3.8) is 0 Å². The fourth-order valence-corrected chi connectivity index (χ4v) is 9.36. The molecule has 0 spiro atoms. The number of allylic oxidation sites excluding steroid dienone is 3. The van der Waals surface area contributed by atoms with Crippen molar-refractivity contribution in [3.05, 3.63) is 24.3 Å². The van der Waals surface area contributed by atoms with Gasteiger partial charge in [0.2, 0.25) is 5.91 Å². The van der Waals surface area contributed by atoms with Crippen LogP contribution in [0.15, 0.2) is 24.3 Å². The Morgan fingerprint density at radius 1 is 0.500 bits per heavy atom. The van der Waals surface area contributed by atoms with Crippen LogP contribution in [0.4, 0.5) is 0 Å². The standard InChI is InChI=1S/C57H113N2O6P/c1-6-8-10-12-14-16-18-20-22-24-26-27-28-29-30-31-33-35-37-39-41-43-45-47-49-51-57(61)58-55(54-65-66(62,63)64-53-52-59(3,4)5)56(60)50-48-46-44-42-40-38-36-34-32-25-23-21-19-17-15-13-11-9-7-2/h29-30,48,50,55-56,60H,6-28,31-47,49,51-54H2,1-5H3,(H-,58,61,62,63)/p+1/b30-29-,50-48+. The molecule has 0 bridgehead atoms. The maximum absolute atomic E-state index is 13.0. The van der Waals surface area contributed by atoms with Crippen molar-refractivity contribution < 1.29 is 32.9 Å². The van der Waals surface area contributed by atoms with Gasteiger partial charge >= 0.3 is 7.82 Å². The molecule has 0 aromatic rings. The van der Waals surface area contributed by atoms with Gasteiger partial charge < -0.3 is 19.8 Å². The zero-order valence-corrected chi connectivity index (χ0v) is 45.6. The third-order valence-electron chi connectivity index (χ3n) is 13.2. The Labute approximate surface area is 411 Å². The predicted molar refractivity (Wildman–Crippen MR) is 286 cm³/mol. The van der Waals surface area contributed by atoms with Crippen LogP contribution in [0.3, 0.4) is 0 Å². The quantitative estimate of drug-likeness (QED) is 0.0243. The van der Waals surface area contributed by atoms with Crippen LogP contribution in [-0.4, -0.2) is 73.4 Å². The summed E-state index contributed by atoms with van der Waals surface area (Å²) in [5.74, 6) is -0.175. The number of hydrogen-bond acceptors (Lipinski definition) is 5. The van der Waals surface area contributed by atoms with Crippen LogP contribution in [0.2, 0.25) is 0 Å². The highest BCUT2D eigenvalue weighted by Gasteiger charge is 2.27. The molecule has 9 heteroatoms. The maximum Gasteiger partial charge on any atom is 0.472 e. The Kier molecular flexibility index (Phi) is 48.2. The summed E-state index contributed by atoms with van der Waals surface area (Å²) >= 11 is 0. The summed E-state index contributed by atoms with van der Waals surface area (Å²) in [6.07, 6.45) is 61.3. The number of phosphoric ester groups is 1. The molecule has 0 fully saturated rings. The van der Waals surface area contributed by atoms with Crippen LogP contribution >= 0.6 is 7.82 Å². The van der Waals surface area contributed by atoms with E-state index in [0.29, 0.717) is 17.4 Å². The van der Waals surface area contributed by atoms with Crippen molar-refractivity contribution in [1.82, 2.24) is 5.32 Å². The minimum atomic E-state index is -4.34. The summed E-state index contributed by atoms with van der Waals surface area (Å²) in [6, 6.07) is -0.846. The molecule has 8 nitrogen and oxygen atoms in total. The Hall–Kier alpha value is -1.02. The lowest BCUT2D eigenvalue weighted by atomic mass is 10.0. The molecular formula is C57H114N2O6P+. The number of aliphatic hydroxyl groups is 1. The van der Waals surface area contributed by atoms with E-state index < -0.39 is 20.0 Å². The van der Waals surface area contributed by atoms with E-state index in [9.17, 15) is 19.4 Å². The maximum atomic E-state index is 13.0. The van der Waals surface area contributed by atoms with E-state index in [4.69, 9.17) is 9.05 Å². The molecule has 3 unspecified atom stereocenters. The van der Waals surface area contributed by atoms with Gasteiger partial charge in [-0.2, -0.15) is 0 Å². The molecule has 1 amide bonds. The molecule has 0 aliphatic carbocycles. The van der Waals surface area contributed by atoms with E-state index in [1.165, 1.54) is 225 Å². The first-order chi connectivity index (χ1) is 32.0. The number of phosphoric acid groups is 1. The second-order valence-electron chi connectivity index (χ2n) is 21.0. The number of unbranched alkanes of at least 4 members (excludes halogenated alkanes) is 38. The molecule has 0 saturated heterocycles. The van der Waals surface area contributed by atoms with Crippen molar-refractivity contribution in [2.75, 3.05) is 40.9 Å². The van der Waals surface area contributed by atoms with Crippen molar-refractivity contribution in [3.8, 4) is 0 Å². The summed E-state index contributed by atoms with van der Waals surface area (Å²) in [4.78, 5) is 23.3. The van der Waals surface area contributed by atoms with E-state index in [2.05, 4.69) is 31.3 Å². The minimum Gasteiger partial charge on any atom is -0.387 e. The number of nitrogens with one attached hydrogen (secondary N) is 1. The Morgan fingerprint density at radius 3 is 1.17 bits per heavy atom. The number of rotatable bonds is 53. The van der Waals surface area contributed by atoms with E-state index in [1.807, 2.05) is 27.2 Å². The fraction of sp³-hybridized carbons (Fsp3) is 0.912.